The molecule has 6 unspecified atom stereocenters. The summed E-state index contributed by atoms with van der Waals surface area (Å²) in [6.45, 7) is 8.46. The van der Waals surface area contributed by atoms with E-state index in [1.54, 1.807) is 17.2 Å². The molecule has 196 valence electrons. The number of fused-ring (bicyclic) bond motifs is 4. The van der Waals surface area contributed by atoms with Crippen molar-refractivity contribution in [2.24, 2.45) is 28.6 Å². The number of allylic oxidation sites excluding steroid dienone is 2. The van der Waals surface area contributed by atoms with Crippen LogP contribution in [-0.2, 0) is 9.47 Å². The highest BCUT2D eigenvalue weighted by Crippen LogP contribution is 2.65. The fourth-order valence-electron chi connectivity index (χ4n) is 8.53. The summed E-state index contributed by atoms with van der Waals surface area (Å²) in [5.74, 6) is 1.72. The number of hydrogen-bond donors (Lipinski definition) is 2. The molecule has 1 saturated heterocycles. The summed E-state index contributed by atoms with van der Waals surface area (Å²) in [6.07, 6.45) is 12.2. The SMILES string of the molecule is CC1(C)COC2(CCC3=C4C(c5ccc(C=CCO)cc5)CC5(C)C(O)CCC5C4CCC3C2)OC1. The quantitative estimate of drug-likeness (QED) is 0.491. The molecule has 3 saturated carbocycles. The third-order valence-corrected chi connectivity index (χ3v) is 10.5. The zero-order valence-electron chi connectivity index (χ0n) is 22.3. The predicted molar refractivity (Wildman–Crippen MR) is 142 cm³/mol. The van der Waals surface area contributed by atoms with E-state index in [1.165, 1.54) is 18.4 Å². The molecule has 0 bridgehead atoms. The van der Waals surface area contributed by atoms with Crippen LogP contribution in [0.3, 0.4) is 0 Å². The molecule has 4 fully saturated rings. The minimum Gasteiger partial charge on any atom is -0.393 e. The molecule has 4 aliphatic carbocycles. The van der Waals surface area contributed by atoms with Crippen molar-refractivity contribution in [3.8, 4) is 0 Å². The number of aliphatic hydroxyl groups excluding tert-OH is 2. The first kappa shape index (κ1) is 24.9. The smallest absolute Gasteiger partial charge is 0.169 e. The van der Waals surface area contributed by atoms with E-state index in [-0.39, 0.29) is 29.3 Å². The van der Waals surface area contributed by atoms with Crippen molar-refractivity contribution in [2.45, 2.75) is 89.9 Å². The summed E-state index contributed by atoms with van der Waals surface area (Å²) < 4.78 is 12.9. The van der Waals surface area contributed by atoms with E-state index >= 15 is 0 Å². The second-order valence-corrected chi connectivity index (χ2v) is 13.4. The Morgan fingerprint density at radius 1 is 0.972 bits per heavy atom. The van der Waals surface area contributed by atoms with Crippen LogP contribution in [0.1, 0.15) is 89.2 Å². The minimum absolute atomic E-state index is 0.00123. The Hall–Kier alpha value is -1.46. The molecule has 0 amide bonds. The largest absolute Gasteiger partial charge is 0.393 e. The van der Waals surface area contributed by atoms with Gasteiger partial charge in [0, 0.05) is 24.2 Å². The molecule has 0 aromatic heterocycles. The van der Waals surface area contributed by atoms with Crippen LogP contribution in [0, 0.1) is 28.6 Å². The van der Waals surface area contributed by atoms with E-state index in [1.807, 2.05) is 6.08 Å². The number of rotatable bonds is 3. The summed E-state index contributed by atoms with van der Waals surface area (Å²) >= 11 is 0. The minimum atomic E-state index is -0.389. The van der Waals surface area contributed by atoms with Crippen LogP contribution in [-0.4, -0.2) is 41.9 Å². The highest BCUT2D eigenvalue weighted by Gasteiger charge is 2.57. The first-order chi connectivity index (χ1) is 17.2. The Bertz CT molecular complexity index is 1030. The third-order valence-electron chi connectivity index (χ3n) is 10.5. The van der Waals surface area contributed by atoms with E-state index in [0.717, 1.165) is 57.3 Å². The van der Waals surface area contributed by atoms with Crippen molar-refractivity contribution in [1.82, 2.24) is 0 Å². The van der Waals surface area contributed by atoms with Gasteiger partial charge in [0.05, 0.1) is 25.9 Å². The van der Waals surface area contributed by atoms with E-state index in [4.69, 9.17) is 14.6 Å². The van der Waals surface area contributed by atoms with Gasteiger partial charge in [-0.1, -0.05) is 68.3 Å². The molecule has 0 radical (unpaired) electrons. The molecule has 4 nitrogen and oxygen atoms in total. The molecule has 6 rings (SSSR count). The van der Waals surface area contributed by atoms with Crippen LogP contribution in [0.4, 0.5) is 0 Å². The summed E-state index contributed by atoms with van der Waals surface area (Å²) in [4.78, 5) is 0. The molecular formula is C32H44O4. The normalized spacial score (nSPS) is 39.2. The van der Waals surface area contributed by atoms with Crippen molar-refractivity contribution in [3.63, 3.8) is 0 Å². The second-order valence-electron chi connectivity index (χ2n) is 13.4. The number of hydrogen-bond acceptors (Lipinski definition) is 4. The van der Waals surface area contributed by atoms with Gasteiger partial charge in [-0.2, -0.15) is 0 Å². The van der Waals surface area contributed by atoms with Gasteiger partial charge < -0.3 is 19.7 Å². The fraction of sp³-hybridized carbons (Fsp3) is 0.688. The zero-order valence-corrected chi connectivity index (χ0v) is 22.3. The summed E-state index contributed by atoms with van der Waals surface area (Å²) in [7, 11) is 0. The van der Waals surface area contributed by atoms with Gasteiger partial charge >= 0.3 is 0 Å². The summed E-state index contributed by atoms with van der Waals surface area (Å²) in [5.41, 5.74) is 6.02. The topological polar surface area (TPSA) is 58.9 Å². The number of ether oxygens (including phenoxy) is 2. The Kier molecular flexibility index (Phi) is 6.27. The van der Waals surface area contributed by atoms with Gasteiger partial charge in [-0.25, -0.2) is 0 Å². The maximum Gasteiger partial charge on any atom is 0.169 e. The number of benzene rings is 1. The monoisotopic (exact) mass is 492 g/mol. The van der Waals surface area contributed by atoms with Crippen molar-refractivity contribution < 1.29 is 19.7 Å². The Labute approximate surface area is 216 Å². The zero-order chi connectivity index (χ0) is 25.1. The molecule has 4 heteroatoms. The van der Waals surface area contributed by atoms with Gasteiger partial charge in [0.25, 0.3) is 0 Å². The van der Waals surface area contributed by atoms with Gasteiger partial charge in [0.15, 0.2) is 5.79 Å². The Balaban J connectivity index is 1.36. The van der Waals surface area contributed by atoms with E-state index in [9.17, 15) is 5.11 Å². The van der Waals surface area contributed by atoms with Gasteiger partial charge in [-0.05, 0) is 72.8 Å². The molecule has 1 aromatic carbocycles. The van der Waals surface area contributed by atoms with Gasteiger partial charge in [0.1, 0.15) is 0 Å². The molecular weight excluding hydrogens is 448 g/mol. The van der Waals surface area contributed by atoms with E-state index < -0.39 is 0 Å². The first-order valence-corrected chi connectivity index (χ1v) is 14.3. The molecule has 6 atom stereocenters. The van der Waals surface area contributed by atoms with Crippen LogP contribution in [0.2, 0.25) is 0 Å². The lowest BCUT2D eigenvalue weighted by molar-refractivity contribution is -0.312. The average Bonchev–Trinajstić information content (AvgIpc) is 3.18. The van der Waals surface area contributed by atoms with Crippen LogP contribution < -0.4 is 0 Å². The van der Waals surface area contributed by atoms with Crippen molar-refractivity contribution in [1.29, 1.82) is 0 Å². The molecule has 5 aliphatic rings. The third kappa shape index (κ3) is 4.13. The van der Waals surface area contributed by atoms with Crippen molar-refractivity contribution in [3.05, 3.63) is 52.6 Å². The molecule has 1 spiro atoms. The average molecular weight is 493 g/mol. The van der Waals surface area contributed by atoms with E-state index in [0.29, 0.717) is 23.7 Å². The second kappa shape index (κ2) is 9.08. The van der Waals surface area contributed by atoms with Crippen LogP contribution in [0.5, 0.6) is 0 Å². The Morgan fingerprint density at radius 3 is 2.44 bits per heavy atom. The lowest BCUT2D eigenvalue weighted by atomic mass is 9.52. The summed E-state index contributed by atoms with van der Waals surface area (Å²) in [5, 5.41) is 20.3. The lowest BCUT2D eigenvalue weighted by Crippen LogP contribution is -2.52. The fourth-order valence-corrected chi connectivity index (χ4v) is 8.53. The molecule has 1 aromatic rings. The van der Waals surface area contributed by atoms with Crippen LogP contribution >= 0.6 is 0 Å². The van der Waals surface area contributed by atoms with Gasteiger partial charge in [0.2, 0.25) is 0 Å². The van der Waals surface area contributed by atoms with Gasteiger partial charge in [-0.3, -0.25) is 0 Å². The highest BCUT2D eigenvalue weighted by atomic mass is 16.7. The maximum absolute atomic E-state index is 11.1. The molecule has 1 heterocycles. The molecule has 1 aliphatic heterocycles. The van der Waals surface area contributed by atoms with Gasteiger partial charge in [-0.15, -0.1) is 0 Å². The van der Waals surface area contributed by atoms with Crippen LogP contribution in [0.15, 0.2) is 41.5 Å². The maximum atomic E-state index is 11.1. The summed E-state index contributed by atoms with van der Waals surface area (Å²) in [6, 6.07) is 8.95. The molecule has 2 N–H and O–H groups in total. The first-order valence-electron chi connectivity index (χ1n) is 14.3. The predicted octanol–water partition coefficient (Wildman–Crippen LogP) is 6.23. The van der Waals surface area contributed by atoms with Crippen molar-refractivity contribution in [2.75, 3.05) is 19.8 Å². The Morgan fingerprint density at radius 2 is 1.72 bits per heavy atom. The standard InChI is InChI=1S/C32H44O4/c1-30(2)19-35-32(36-20-30)15-14-24-23(17-32)10-11-25-27-12-13-28(34)31(27,3)18-26(29(24)25)22-8-6-21(7-9-22)5-4-16-33/h4-9,23,25-28,33-34H,10-20H2,1-3H3. The van der Waals surface area contributed by atoms with Crippen LogP contribution in [0.25, 0.3) is 6.08 Å². The van der Waals surface area contributed by atoms with E-state index in [2.05, 4.69) is 45.0 Å². The number of aliphatic hydroxyl groups is 2. The highest BCUT2D eigenvalue weighted by molar-refractivity contribution is 5.51. The lowest BCUT2D eigenvalue weighted by Gasteiger charge is -2.55. The molecule has 36 heavy (non-hydrogen) atoms. The van der Waals surface area contributed by atoms with Crippen molar-refractivity contribution >= 4 is 6.08 Å².